The zero-order valence-electron chi connectivity index (χ0n) is 11.9. The molecule has 7 heteroatoms. The number of amides is 1. The minimum atomic E-state index is -0.494. The maximum absolute atomic E-state index is 12.3. The van der Waals surface area contributed by atoms with Crippen LogP contribution in [-0.4, -0.2) is 41.5 Å². The summed E-state index contributed by atoms with van der Waals surface area (Å²) in [5, 5.41) is 11.0. The van der Waals surface area contributed by atoms with Gasteiger partial charge in [0.1, 0.15) is 6.10 Å². The average Bonchev–Trinajstić information content (AvgIpc) is 2.95. The highest BCUT2D eigenvalue weighted by Gasteiger charge is 2.32. The van der Waals surface area contributed by atoms with Crippen LogP contribution < -0.4 is 5.73 Å². The third-order valence-corrected chi connectivity index (χ3v) is 3.62. The number of nitro groups is 1. The van der Waals surface area contributed by atoms with Crippen molar-refractivity contribution in [1.82, 2.24) is 4.90 Å². The Labute approximate surface area is 122 Å². The van der Waals surface area contributed by atoms with Crippen molar-refractivity contribution in [2.24, 2.45) is 5.73 Å². The molecule has 1 aliphatic rings. The Bertz CT molecular complexity index is 535. The summed E-state index contributed by atoms with van der Waals surface area (Å²) < 4.78 is 5.56. The minimum absolute atomic E-state index is 0.0179. The summed E-state index contributed by atoms with van der Waals surface area (Å²) >= 11 is 0. The van der Waals surface area contributed by atoms with Crippen LogP contribution in [-0.2, 0) is 16.1 Å². The smallest absolute Gasteiger partial charge is 0.274 e. The highest BCUT2D eigenvalue weighted by atomic mass is 16.6. The fraction of sp³-hybridized carbons (Fsp3) is 0.500. The summed E-state index contributed by atoms with van der Waals surface area (Å²) in [6, 6.07) is 6.41. The second-order valence-corrected chi connectivity index (χ2v) is 5.14. The normalized spacial score (nSPS) is 21.2. The van der Waals surface area contributed by atoms with Crippen molar-refractivity contribution in [1.29, 1.82) is 0 Å². The van der Waals surface area contributed by atoms with Crippen LogP contribution in [0.3, 0.4) is 0 Å². The number of para-hydroxylation sites is 1. The minimum Gasteiger partial charge on any atom is -0.364 e. The summed E-state index contributed by atoms with van der Waals surface area (Å²) in [5.41, 5.74) is 6.05. The maximum Gasteiger partial charge on any atom is 0.274 e. The van der Waals surface area contributed by atoms with Crippen LogP contribution in [0, 0.1) is 10.1 Å². The molecule has 0 bridgehead atoms. The van der Waals surface area contributed by atoms with Crippen LogP contribution in [0.2, 0.25) is 0 Å². The van der Waals surface area contributed by atoms with Gasteiger partial charge in [0.15, 0.2) is 0 Å². The molecule has 2 N–H and O–H groups in total. The number of hydrogen-bond acceptors (Lipinski definition) is 5. The molecule has 0 radical (unpaired) electrons. The first-order chi connectivity index (χ1) is 10.0. The molecule has 0 aliphatic carbocycles. The molecule has 2 atom stereocenters. The topological polar surface area (TPSA) is 98.7 Å². The van der Waals surface area contributed by atoms with E-state index >= 15 is 0 Å². The molecule has 1 saturated heterocycles. The number of carbonyl (C=O) groups is 1. The number of rotatable bonds is 5. The van der Waals surface area contributed by atoms with Crippen molar-refractivity contribution in [2.75, 3.05) is 13.6 Å². The molecular formula is C14H19N3O4. The summed E-state index contributed by atoms with van der Waals surface area (Å²) in [6.45, 7) is 0.584. The molecule has 1 aromatic rings. The van der Waals surface area contributed by atoms with Crippen molar-refractivity contribution >= 4 is 11.6 Å². The van der Waals surface area contributed by atoms with Gasteiger partial charge in [0, 0.05) is 25.2 Å². The Morgan fingerprint density at radius 2 is 2.19 bits per heavy atom. The van der Waals surface area contributed by atoms with E-state index in [2.05, 4.69) is 0 Å². The molecule has 1 heterocycles. The standard InChI is InChI=1S/C14H19N3O4/c1-16(14(18)13-7-6-11(8-15)21-13)9-10-4-2-3-5-12(10)17(19)20/h2-5,11,13H,6-9,15H2,1H3/t11-,13+/m1/s1. The van der Waals surface area contributed by atoms with E-state index in [0.717, 1.165) is 6.42 Å². The summed E-state index contributed by atoms with van der Waals surface area (Å²) in [4.78, 5) is 24.3. The number of nitrogens with zero attached hydrogens (tertiary/aromatic N) is 2. The molecular weight excluding hydrogens is 274 g/mol. The molecule has 0 spiro atoms. The summed E-state index contributed by atoms with van der Waals surface area (Å²) in [7, 11) is 1.62. The second kappa shape index (κ2) is 6.64. The summed E-state index contributed by atoms with van der Waals surface area (Å²) in [6.07, 6.45) is 0.846. The van der Waals surface area contributed by atoms with Gasteiger partial charge in [-0.1, -0.05) is 18.2 Å². The van der Waals surface area contributed by atoms with Crippen molar-refractivity contribution in [3.8, 4) is 0 Å². The number of nitrogens with two attached hydrogens (primary N) is 1. The Morgan fingerprint density at radius 3 is 2.81 bits per heavy atom. The van der Waals surface area contributed by atoms with Gasteiger partial charge in [0.25, 0.3) is 11.6 Å². The highest BCUT2D eigenvalue weighted by molar-refractivity contribution is 5.81. The van der Waals surface area contributed by atoms with Gasteiger partial charge in [-0.05, 0) is 12.8 Å². The van der Waals surface area contributed by atoms with E-state index in [0.29, 0.717) is 18.5 Å². The lowest BCUT2D eigenvalue weighted by Gasteiger charge is -2.21. The third kappa shape index (κ3) is 3.56. The predicted molar refractivity (Wildman–Crippen MR) is 76.5 cm³/mol. The van der Waals surface area contributed by atoms with Gasteiger partial charge >= 0.3 is 0 Å². The van der Waals surface area contributed by atoms with Crippen molar-refractivity contribution in [3.05, 3.63) is 39.9 Å². The molecule has 114 valence electrons. The van der Waals surface area contributed by atoms with Crippen molar-refractivity contribution < 1.29 is 14.5 Å². The number of likely N-dealkylation sites (N-methyl/N-ethyl adjacent to an activating group) is 1. The Kier molecular flexibility index (Phi) is 4.87. The lowest BCUT2D eigenvalue weighted by atomic mass is 10.1. The van der Waals surface area contributed by atoms with Gasteiger partial charge in [-0.25, -0.2) is 0 Å². The zero-order chi connectivity index (χ0) is 15.4. The fourth-order valence-corrected chi connectivity index (χ4v) is 2.46. The Morgan fingerprint density at radius 1 is 1.48 bits per heavy atom. The summed E-state index contributed by atoms with van der Waals surface area (Å²) in [5.74, 6) is -0.163. The molecule has 2 rings (SSSR count). The lowest BCUT2D eigenvalue weighted by molar-refractivity contribution is -0.385. The first-order valence-corrected chi connectivity index (χ1v) is 6.85. The van der Waals surface area contributed by atoms with E-state index in [-0.39, 0.29) is 24.2 Å². The number of nitro benzene ring substituents is 1. The molecule has 7 nitrogen and oxygen atoms in total. The van der Waals surface area contributed by atoms with Crippen LogP contribution in [0.4, 0.5) is 5.69 Å². The van der Waals surface area contributed by atoms with Crippen LogP contribution >= 0.6 is 0 Å². The monoisotopic (exact) mass is 293 g/mol. The van der Waals surface area contributed by atoms with Gasteiger partial charge in [-0.3, -0.25) is 14.9 Å². The maximum atomic E-state index is 12.3. The molecule has 21 heavy (non-hydrogen) atoms. The Hall–Kier alpha value is -1.99. The van der Waals surface area contributed by atoms with Crippen LogP contribution in [0.1, 0.15) is 18.4 Å². The Balaban J connectivity index is 2.03. The molecule has 0 unspecified atom stereocenters. The molecule has 0 saturated carbocycles. The number of hydrogen-bond donors (Lipinski definition) is 1. The van der Waals surface area contributed by atoms with Crippen molar-refractivity contribution in [3.63, 3.8) is 0 Å². The van der Waals surface area contributed by atoms with E-state index in [9.17, 15) is 14.9 Å². The number of benzene rings is 1. The quantitative estimate of drug-likeness (QED) is 0.646. The van der Waals surface area contributed by atoms with Gasteiger partial charge < -0.3 is 15.4 Å². The van der Waals surface area contributed by atoms with E-state index in [1.807, 2.05) is 0 Å². The van der Waals surface area contributed by atoms with E-state index in [4.69, 9.17) is 10.5 Å². The molecule has 0 aromatic heterocycles. The molecule has 1 amide bonds. The van der Waals surface area contributed by atoms with Crippen LogP contribution in [0.5, 0.6) is 0 Å². The number of ether oxygens (including phenoxy) is 1. The SMILES string of the molecule is CN(Cc1ccccc1[N+](=O)[O-])C(=O)[C@@H]1CC[C@H](CN)O1. The average molecular weight is 293 g/mol. The van der Waals surface area contributed by atoms with Crippen molar-refractivity contribution in [2.45, 2.75) is 31.6 Å². The van der Waals surface area contributed by atoms with E-state index < -0.39 is 11.0 Å². The van der Waals surface area contributed by atoms with Gasteiger partial charge in [0.05, 0.1) is 17.6 Å². The second-order valence-electron chi connectivity index (χ2n) is 5.14. The predicted octanol–water partition coefficient (Wildman–Crippen LogP) is 1.06. The first-order valence-electron chi connectivity index (χ1n) is 6.85. The van der Waals surface area contributed by atoms with Gasteiger partial charge in [-0.2, -0.15) is 0 Å². The van der Waals surface area contributed by atoms with Crippen LogP contribution in [0.15, 0.2) is 24.3 Å². The van der Waals surface area contributed by atoms with E-state index in [1.165, 1.54) is 11.0 Å². The lowest BCUT2D eigenvalue weighted by Crippen LogP contribution is -2.36. The molecule has 1 aromatic carbocycles. The molecule has 1 aliphatic heterocycles. The number of carbonyl (C=O) groups excluding carboxylic acids is 1. The fourth-order valence-electron chi connectivity index (χ4n) is 2.46. The third-order valence-electron chi connectivity index (χ3n) is 3.62. The zero-order valence-corrected chi connectivity index (χ0v) is 11.9. The van der Waals surface area contributed by atoms with Crippen LogP contribution in [0.25, 0.3) is 0 Å². The molecule has 1 fully saturated rings. The first kappa shape index (κ1) is 15.4. The van der Waals surface area contributed by atoms with E-state index in [1.54, 1.807) is 25.2 Å². The van der Waals surface area contributed by atoms with Gasteiger partial charge in [-0.15, -0.1) is 0 Å². The highest BCUT2D eigenvalue weighted by Crippen LogP contribution is 2.23. The largest absolute Gasteiger partial charge is 0.364 e. The van der Waals surface area contributed by atoms with Gasteiger partial charge in [0.2, 0.25) is 0 Å².